The molecule has 0 radical (unpaired) electrons. The predicted octanol–water partition coefficient (Wildman–Crippen LogP) is 3.98. The molecule has 0 fully saturated rings. The van der Waals surface area contributed by atoms with Crippen LogP contribution in [0, 0.1) is 0 Å². The largest absolute Gasteiger partial charge is 0.448 e. The molecule has 1 heterocycles. The van der Waals surface area contributed by atoms with Crippen molar-refractivity contribution in [2.24, 2.45) is 7.05 Å². The van der Waals surface area contributed by atoms with E-state index in [0.29, 0.717) is 17.0 Å². The number of nitrogens with zero attached hydrogens (tertiary/aromatic N) is 3. The van der Waals surface area contributed by atoms with E-state index in [4.69, 9.17) is 15.3 Å². The molecule has 0 saturated heterocycles. The lowest BCUT2D eigenvalue weighted by Crippen LogP contribution is -2.48. The maximum Gasteiger partial charge on any atom is 0.443 e. The van der Waals surface area contributed by atoms with Gasteiger partial charge in [0.05, 0.1) is 28.5 Å². The number of carbonyl (C=O) groups excluding carboxylic acids is 1. The molecule has 25 heavy (non-hydrogen) atoms. The highest BCUT2D eigenvalue weighted by molar-refractivity contribution is 9.10. The van der Waals surface area contributed by atoms with Gasteiger partial charge in [-0.3, -0.25) is 4.68 Å². The molecule has 2 N–H and O–H groups in total. The molecule has 1 aromatic carbocycles. The number of carbonyl (C=O) groups is 1. The van der Waals surface area contributed by atoms with E-state index in [1.54, 1.807) is 36.0 Å². The van der Waals surface area contributed by atoms with Crippen LogP contribution in [0.15, 0.2) is 28.9 Å². The number of hydroxylamine groups is 2. The molecule has 1 aromatic heterocycles. The Labute approximate surface area is 155 Å². The summed E-state index contributed by atoms with van der Waals surface area (Å²) in [7, 11) is 1.82. The first-order valence-corrected chi connectivity index (χ1v) is 8.66. The average molecular weight is 411 g/mol. The van der Waals surface area contributed by atoms with Crippen molar-refractivity contribution in [2.45, 2.75) is 33.2 Å². The quantitative estimate of drug-likeness (QED) is 0.608. The van der Waals surface area contributed by atoms with E-state index in [2.05, 4.69) is 21.0 Å². The van der Waals surface area contributed by atoms with E-state index in [-0.39, 0.29) is 6.61 Å². The summed E-state index contributed by atoms with van der Waals surface area (Å²) in [6.07, 6.45) is 1.14. The van der Waals surface area contributed by atoms with Crippen LogP contribution >= 0.6 is 15.9 Å². The number of rotatable bonds is 4. The molecule has 0 aliphatic heterocycles. The van der Waals surface area contributed by atoms with Gasteiger partial charge in [0, 0.05) is 18.3 Å². The normalized spacial score (nSPS) is 11.3. The fourth-order valence-corrected chi connectivity index (χ4v) is 2.82. The van der Waals surface area contributed by atoms with E-state index in [9.17, 15) is 4.79 Å². The highest BCUT2D eigenvalue weighted by atomic mass is 79.9. The summed E-state index contributed by atoms with van der Waals surface area (Å²) in [5.74, 6) is 0.474. The SMILES string of the molecule is CCOC(=O)N(Oc1ccc(N)cc1-c1c(Br)cnn1C)C(C)(C)C. The van der Waals surface area contributed by atoms with Gasteiger partial charge in [-0.25, -0.2) is 4.79 Å². The van der Waals surface area contributed by atoms with Crippen molar-refractivity contribution in [2.75, 3.05) is 12.3 Å². The second-order valence-corrected chi connectivity index (χ2v) is 7.33. The summed E-state index contributed by atoms with van der Waals surface area (Å²) < 4.78 is 7.62. The maximum atomic E-state index is 12.3. The number of hydrogen-bond donors (Lipinski definition) is 1. The van der Waals surface area contributed by atoms with E-state index in [1.807, 2.05) is 27.8 Å². The number of aryl methyl sites for hydroxylation is 1. The lowest BCUT2D eigenvalue weighted by atomic mass is 10.1. The van der Waals surface area contributed by atoms with Crippen molar-refractivity contribution in [3.63, 3.8) is 0 Å². The highest BCUT2D eigenvalue weighted by Gasteiger charge is 2.31. The number of nitrogens with two attached hydrogens (primary N) is 1. The van der Waals surface area contributed by atoms with E-state index in [1.165, 1.54) is 5.06 Å². The van der Waals surface area contributed by atoms with Crippen molar-refractivity contribution in [1.29, 1.82) is 0 Å². The van der Waals surface area contributed by atoms with Crippen molar-refractivity contribution >= 4 is 27.7 Å². The van der Waals surface area contributed by atoms with Crippen LogP contribution < -0.4 is 10.6 Å². The van der Waals surface area contributed by atoms with E-state index >= 15 is 0 Å². The minimum absolute atomic E-state index is 0.261. The average Bonchev–Trinajstić information content (AvgIpc) is 2.83. The van der Waals surface area contributed by atoms with Crippen molar-refractivity contribution in [3.05, 3.63) is 28.9 Å². The van der Waals surface area contributed by atoms with E-state index < -0.39 is 11.6 Å². The smallest absolute Gasteiger partial charge is 0.443 e. The standard InChI is InChI=1S/C17H23BrN4O3/c1-6-24-16(23)22(17(2,3)4)25-14-8-7-11(19)9-12(14)15-13(18)10-20-21(15)5/h7-10H,6,19H2,1-5H3. The third-order valence-corrected chi connectivity index (χ3v) is 3.97. The van der Waals surface area contributed by atoms with Gasteiger partial charge in [-0.05, 0) is 61.8 Å². The molecule has 1 amide bonds. The molecule has 0 saturated carbocycles. The molecule has 136 valence electrons. The molecule has 2 rings (SSSR count). The van der Waals surface area contributed by atoms with Crippen LogP contribution in [0.3, 0.4) is 0 Å². The van der Waals surface area contributed by atoms with Crippen molar-refractivity contribution < 1.29 is 14.4 Å². The van der Waals surface area contributed by atoms with Crippen molar-refractivity contribution in [1.82, 2.24) is 14.8 Å². The topological polar surface area (TPSA) is 82.6 Å². The fraction of sp³-hybridized carbons (Fsp3) is 0.412. The lowest BCUT2D eigenvalue weighted by molar-refractivity contribution is -0.103. The van der Waals surface area contributed by atoms with Crippen LogP contribution in [0.2, 0.25) is 0 Å². The van der Waals surface area contributed by atoms with Crippen LogP contribution in [0.5, 0.6) is 5.75 Å². The molecule has 7 nitrogen and oxygen atoms in total. The molecule has 0 unspecified atom stereocenters. The van der Waals surface area contributed by atoms with Crippen LogP contribution in [0.4, 0.5) is 10.5 Å². The lowest BCUT2D eigenvalue weighted by Gasteiger charge is -2.33. The Morgan fingerprint density at radius 2 is 2.08 bits per heavy atom. The van der Waals surface area contributed by atoms with Crippen molar-refractivity contribution in [3.8, 4) is 17.0 Å². The number of amides is 1. The van der Waals surface area contributed by atoms with Crippen LogP contribution in [-0.4, -0.2) is 33.1 Å². The molecule has 8 heteroatoms. The Hall–Kier alpha value is -2.22. The second-order valence-electron chi connectivity index (χ2n) is 6.48. The molecular weight excluding hydrogens is 388 g/mol. The Balaban J connectivity index is 2.50. The zero-order valence-electron chi connectivity index (χ0n) is 15.0. The summed E-state index contributed by atoms with van der Waals surface area (Å²) in [4.78, 5) is 18.3. The summed E-state index contributed by atoms with van der Waals surface area (Å²) in [6, 6.07) is 5.22. The third-order valence-electron chi connectivity index (χ3n) is 3.39. The maximum absolute atomic E-state index is 12.3. The minimum Gasteiger partial charge on any atom is -0.448 e. The number of nitrogen functional groups attached to an aromatic ring is 1. The number of hydrogen-bond acceptors (Lipinski definition) is 5. The highest BCUT2D eigenvalue weighted by Crippen LogP contribution is 2.37. The van der Waals surface area contributed by atoms with Gasteiger partial charge in [0.2, 0.25) is 0 Å². The molecule has 0 bridgehead atoms. The number of halogens is 1. The van der Waals surface area contributed by atoms with Gasteiger partial charge >= 0.3 is 6.09 Å². The predicted molar refractivity (Wildman–Crippen MR) is 100.0 cm³/mol. The summed E-state index contributed by atoms with van der Waals surface area (Å²) in [6.45, 7) is 7.60. The summed E-state index contributed by atoms with van der Waals surface area (Å²) in [5.41, 5.74) is 7.43. The molecule has 0 aliphatic carbocycles. The molecule has 0 atom stereocenters. The monoisotopic (exact) mass is 410 g/mol. The molecular formula is C17H23BrN4O3. The van der Waals surface area contributed by atoms with Gasteiger partial charge in [-0.15, -0.1) is 5.06 Å². The summed E-state index contributed by atoms with van der Waals surface area (Å²) in [5, 5.41) is 5.44. The third kappa shape index (κ3) is 4.25. The Bertz CT molecular complexity index is 748. The first kappa shape index (κ1) is 19.1. The number of aromatic nitrogens is 2. The van der Waals surface area contributed by atoms with Gasteiger partial charge in [-0.2, -0.15) is 5.10 Å². The minimum atomic E-state index is -0.603. The zero-order valence-corrected chi connectivity index (χ0v) is 16.6. The number of anilines is 1. The van der Waals surface area contributed by atoms with Crippen LogP contribution in [-0.2, 0) is 11.8 Å². The second kappa shape index (κ2) is 7.35. The molecule has 0 aliphatic rings. The number of ether oxygens (including phenoxy) is 1. The van der Waals surface area contributed by atoms with Crippen LogP contribution in [0.1, 0.15) is 27.7 Å². The zero-order chi connectivity index (χ0) is 18.8. The number of benzene rings is 1. The van der Waals surface area contributed by atoms with Gasteiger partial charge in [0.25, 0.3) is 0 Å². The molecule has 0 spiro atoms. The van der Waals surface area contributed by atoms with Gasteiger partial charge in [0.1, 0.15) is 0 Å². The fourth-order valence-electron chi connectivity index (χ4n) is 2.25. The Morgan fingerprint density at radius 3 is 2.60 bits per heavy atom. The van der Waals surface area contributed by atoms with Crippen LogP contribution in [0.25, 0.3) is 11.3 Å². The Morgan fingerprint density at radius 1 is 1.40 bits per heavy atom. The summed E-state index contributed by atoms with van der Waals surface area (Å²) >= 11 is 3.49. The first-order valence-electron chi connectivity index (χ1n) is 7.87. The van der Waals surface area contributed by atoms with Gasteiger partial charge in [0.15, 0.2) is 5.75 Å². The molecule has 2 aromatic rings. The Kier molecular flexibility index (Phi) is 5.62. The van der Waals surface area contributed by atoms with Gasteiger partial charge in [-0.1, -0.05) is 0 Å². The van der Waals surface area contributed by atoms with Gasteiger partial charge < -0.3 is 15.3 Å². The first-order chi connectivity index (χ1) is 11.6. The van der Waals surface area contributed by atoms with E-state index in [0.717, 1.165) is 10.2 Å².